The highest BCUT2D eigenvalue weighted by molar-refractivity contribution is 7.99. The van der Waals surface area contributed by atoms with E-state index in [4.69, 9.17) is 39.5 Å². The molecule has 0 saturated carbocycles. The van der Waals surface area contributed by atoms with E-state index in [2.05, 4.69) is 22.1 Å². The smallest absolute Gasteiger partial charge is 0.271 e. The highest BCUT2D eigenvalue weighted by Crippen LogP contribution is 2.28. The van der Waals surface area contributed by atoms with Crippen molar-refractivity contribution in [1.29, 1.82) is 0 Å². The highest BCUT2D eigenvalue weighted by Gasteiger charge is 2.16. The van der Waals surface area contributed by atoms with E-state index in [-0.39, 0.29) is 28.1 Å². The quantitative estimate of drug-likeness (QED) is 0.0946. The first-order chi connectivity index (χ1) is 16.8. The van der Waals surface area contributed by atoms with Gasteiger partial charge in [0, 0.05) is 30.1 Å². The number of rotatable bonds is 12. The van der Waals surface area contributed by atoms with Crippen molar-refractivity contribution in [3.8, 4) is 5.75 Å². The predicted molar refractivity (Wildman–Crippen MR) is 138 cm³/mol. The van der Waals surface area contributed by atoms with Crippen LogP contribution >= 0.6 is 46.6 Å². The van der Waals surface area contributed by atoms with Crippen LogP contribution in [0.25, 0.3) is 0 Å². The molecule has 0 unspecified atom stereocenters. The van der Waals surface area contributed by atoms with Gasteiger partial charge < -0.3 is 14.6 Å². The number of thioether (sulfide) groups is 1. The second-order valence-electron chi connectivity index (χ2n) is 7.08. The first kappa shape index (κ1) is 26.8. The summed E-state index contributed by atoms with van der Waals surface area (Å²) in [6.07, 6.45) is 2.95. The molecular formula is C22H20Cl3N5O4S. The lowest BCUT2D eigenvalue weighted by Gasteiger charge is -2.10. The molecule has 0 fully saturated rings. The normalized spacial score (nSPS) is 10.7. The van der Waals surface area contributed by atoms with E-state index in [0.717, 1.165) is 5.82 Å². The number of hydrogen-bond donors (Lipinski definition) is 1. The Morgan fingerprint density at radius 3 is 2.71 bits per heavy atom. The Labute approximate surface area is 220 Å². The number of hydrogen-bond acceptors (Lipinski definition) is 7. The molecule has 0 atom stereocenters. The lowest BCUT2D eigenvalue weighted by atomic mass is 10.3. The number of nitrogens with one attached hydrogen (secondary N) is 1. The average molecular weight is 557 g/mol. The van der Waals surface area contributed by atoms with Crippen molar-refractivity contribution in [3.05, 3.63) is 80.1 Å². The number of aryl methyl sites for hydroxylation is 1. The number of non-ortho nitro benzene ring substituents is 1. The molecule has 3 aromatic rings. The van der Waals surface area contributed by atoms with Crippen molar-refractivity contribution in [1.82, 2.24) is 14.8 Å². The van der Waals surface area contributed by atoms with E-state index < -0.39 is 4.92 Å². The third kappa shape index (κ3) is 7.60. The summed E-state index contributed by atoms with van der Waals surface area (Å²) < 4.78 is 7.57. The molecule has 13 heteroatoms. The number of anilines is 1. The number of benzene rings is 2. The van der Waals surface area contributed by atoms with Crippen molar-refractivity contribution >= 4 is 63.8 Å². The van der Waals surface area contributed by atoms with E-state index in [1.807, 2.05) is 4.57 Å². The molecule has 0 aliphatic heterocycles. The van der Waals surface area contributed by atoms with Crippen molar-refractivity contribution in [2.75, 3.05) is 17.7 Å². The molecule has 0 aliphatic rings. The van der Waals surface area contributed by atoms with E-state index in [1.165, 1.54) is 30.0 Å². The first-order valence-electron chi connectivity index (χ1n) is 10.3. The molecule has 1 amide bonds. The largest absolute Gasteiger partial charge is 0.492 e. The maximum atomic E-state index is 12.4. The minimum Gasteiger partial charge on any atom is -0.492 e. The van der Waals surface area contributed by atoms with Gasteiger partial charge in [-0.15, -0.1) is 16.8 Å². The number of nitro groups is 1. The van der Waals surface area contributed by atoms with Gasteiger partial charge in [0.15, 0.2) is 5.16 Å². The van der Waals surface area contributed by atoms with Gasteiger partial charge in [-0.3, -0.25) is 14.9 Å². The number of halogens is 3. The molecular weight excluding hydrogens is 537 g/mol. The van der Waals surface area contributed by atoms with E-state index >= 15 is 0 Å². The number of nitrogens with zero attached hydrogens (tertiary/aromatic N) is 4. The lowest BCUT2D eigenvalue weighted by molar-refractivity contribution is -0.384. The molecule has 35 heavy (non-hydrogen) atoms. The third-order valence-electron chi connectivity index (χ3n) is 4.57. The lowest BCUT2D eigenvalue weighted by Crippen LogP contribution is -2.15. The molecule has 184 valence electrons. The van der Waals surface area contributed by atoms with Crippen molar-refractivity contribution < 1.29 is 14.5 Å². The fraction of sp³-hybridized carbons (Fsp3) is 0.227. The summed E-state index contributed by atoms with van der Waals surface area (Å²) in [6.45, 7) is 4.65. The zero-order valence-electron chi connectivity index (χ0n) is 18.2. The standard InChI is InChI=1S/C22H20Cl3N5O4S/c1-2-9-29-20(4-3-10-34-19-8-5-14(23)11-17(19)25)27-28-22(29)35-13-21(31)26-18-12-15(30(32)33)6-7-16(18)24/h2,5-8,11-12H,1,3-4,9-10,13H2,(H,26,31). The van der Waals surface area contributed by atoms with Crippen LogP contribution in [0.1, 0.15) is 12.2 Å². The zero-order chi connectivity index (χ0) is 25.4. The Morgan fingerprint density at radius 2 is 2.00 bits per heavy atom. The van der Waals surface area contributed by atoms with Crippen LogP contribution in [-0.4, -0.2) is 38.0 Å². The molecule has 0 aliphatic carbocycles. The van der Waals surface area contributed by atoms with E-state index in [0.29, 0.717) is 46.9 Å². The highest BCUT2D eigenvalue weighted by atomic mass is 35.5. The van der Waals surface area contributed by atoms with Gasteiger partial charge in [-0.1, -0.05) is 52.6 Å². The fourth-order valence-electron chi connectivity index (χ4n) is 2.97. The van der Waals surface area contributed by atoms with Crippen LogP contribution in [0.4, 0.5) is 11.4 Å². The molecule has 0 bridgehead atoms. The molecule has 1 aromatic heterocycles. The van der Waals surface area contributed by atoms with Gasteiger partial charge in [-0.05, 0) is 30.7 Å². The van der Waals surface area contributed by atoms with Gasteiger partial charge in [-0.25, -0.2) is 0 Å². The van der Waals surface area contributed by atoms with Crippen LogP contribution < -0.4 is 10.1 Å². The average Bonchev–Trinajstić information content (AvgIpc) is 3.19. The van der Waals surface area contributed by atoms with Gasteiger partial charge >= 0.3 is 0 Å². The number of ether oxygens (including phenoxy) is 1. The van der Waals surface area contributed by atoms with Crippen LogP contribution in [-0.2, 0) is 17.8 Å². The summed E-state index contributed by atoms with van der Waals surface area (Å²) in [4.78, 5) is 22.8. The van der Waals surface area contributed by atoms with Crippen LogP contribution in [0.3, 0.4) is 0 Å². The van der Waals surface area contributed by atoms with Crippen molar-refractivity contribution in [3.63, 3.8) is 0 Å². The van der Waals surface area contributed by atoms with Crippen LogP contribution in [0, 0.1) is 10.1 Å². The number of carbonyl (C=O) groups is 1. The molecule has 0 radical (unpaired) electrons. The number of carbonyl (C=O) groups excluding carboxylic acids is 1. The summed E-state index contributed by atoms with van der Waals surface area (Å²) in [7, 11) is 0. The summed E-state index contributed by atoms with van der Waals surface area (Å²) in [5.41, 5.74) is -0.00413. The molecule has 1 N–H and O–H groups in total. The Hall–Kier alpha value is -2.79. The Balaban J connectivity index is 1.56. The minimum absolute atomic E-state index is 0.00642. The molecule has 9 nitrogen and oxygen atoms in total. The number of amides is 1. The first-order valence-corrected chi connectivity index (χ1v) is 12.4. The summed E-state index contributed by atoms with van der Waals surface area (Å²) in [5.74, 6) is 0.891. The van der Waals surface area contributed by atoms with Crippen LogP contribution in [0.5, 0.6) is 5.75 Å². The van der Waals surface area contributed by atoms with Gasteiger partial charge in [-0.2, -0.15) is 0 Å². The monoisotopic (exact) mass is 555 g/mol. The molecule has 0 spiro atoms. The van der Waals surface area contributed by atoms with E-state index in [9.17, 15) is 14.9 Å². The number of nitro benzene ring substituents is 1. The molecule has 2 aromatic carbocycles. The second kappa shape index (κ2) is 12.8. The van der Waals surface area contributed by atoms with Crippen molar-refractivity contribution in [2.45, 2.75) is 24.5 Å². The topological polar surface area (TPSA) is 112 Å². The van der Waals surface area contributed by atoms with Crippen LogP contribution in [0.2, 0.25) is 15.1 Å². The third-order valence-corrected chi connectivity index (χ3v) is 6.40. The molecule has 1 heterocycles. The van der Waals surface area contributed by atoms with Gasteiger partial charge in [0.2, 0.25) is 5.91 Å². The number of aromatic nitrogens is 3. The summed E-state index contributed by atoms with van der Waals surface area (Å²) >= 11 is 19.2. The predicted octanol–water partition coefficient (Wildman–Crippen LogP) is 6.07. The second-order valence-corrected chi connectivity index (χ2v) is 9.28. The Bertz CT molecular complexity index is 1240. The molecule has 0 saturated heterocycles. The Kier molecular flexibility index (Phi) is 9.79. The van der Waals surface area contributed by atoms with E-state index in [1.54, 1.807) is 24.3 Å². The Morgan fingerprint density at radius 1 is 1.20 bits per heavy atom. The van der Waals surface area contributed by atoms with Crippen LogP contribution in [0.15, 0.2) is 54.2 Å². The number of allylic oxidation sites excluding steroid dienone is 1. The van der Waals surface area contributed by atoms with Gasteiger partial charge in [0.25, 0.3) is 5.69 Å². The minimum atomic E-state index is -0.560. The summed E-state index contributed by atoms with van der Waals surface area (Å²) in [5, 5.41) is 23.7. The zero-order valence-corrected chi connectivity index (χ0v) is 21.3. The van der Waals surface area contributed by atoms with Gasteiger partial charge in [0.1, 0.15) is 11.6 Å². The van der Waals surface area contributed by atoms with Crippen molar-refractivity contribution in [2.24, 2.45) is 0 Å². The maximum Gasteiger partial charge on any atom is 0.271 e. The maximum absolute atomic E-state index is 12.4. The molecule has 3 rings (SSSR count). The fourth-order valence-corrected chi connectivity index (χ4v) is 4.36. The summed E-state index contributed by atoms with van der Waals surface area (Å²) in [6, 6.07) is 8.87. The SMILES string of the molecule is C=CCn1c(CCCOc2ccc(Cl)cc2Cl)nnc1SCC(=O)Nc1cc([N+](=O)[O-])ccc1Cl. The van der Waals surface area contributed by atoms with Gasteiger partial charge in [0.05, 0.1) is 33.0 Å².